The molecule has 2 rings (SSSR count). The second-order valence-electron chi connectivity index (χ2n) is 5.36. The summed E-state index contributed by atoms with van der Waals surface area (Å²) in [4.78, 5) is 33.6. The van der Waals surface area contributed by atoms with E-state index in [-0.39, 0.29) is 22.1 Å². The van der Waals surface area contributed by atoms with Crippen molar-refractivity contribution >= 4 is 40.9 Å². The molecule has 11 heteroatoms. The summed E-state index contributed by atoms with van der Waals surface area (Å²) in [5, 5.41) is 13.1. The molecular formula is C18H13ClF2N2O6. The zero-order valence-electron chi connectivity index (χ0n) is 14.5. The monoisotopic (exact) mass is 426 g/mol. The van der Waals surface area contributed by atoms with Gasteiger partial charge in [0.2, 0.25) is 0 Å². The molecule has 2 aromatic carbocycles. The summed E-state index contributed by atoms with van der Waals surface area (Å²) in [6, 6.07) is 9.18. The van der Waals surface area contributed by atoms with E-state index in [0.717, 1.165) is 12.1 Å². The van der Waals surface area contributed by atoms with Crippen molar-refractivity contribution in [2.75, 3.05) is 11.9 Å². The minimum atomic E-state index is -2.93. The highest BCUT2D eigenvalue weighted by Crippen LogP contribution is 2.27. The zero-order chi connectivity index (χ0) is 21.4. The predicted molar refractivity (Wildman–Crippen MR) is 99.8 cm³/mol. The van der Waals surface area contributed by atoms with Crippen LogP contribution in [-0.2, 0) is 14.3 Å². The Morgan fingerprint density at radius 3 is 2.52 bits per heavy atom. The lowest BCUT2D eigenvalue weighted by Gasteiger charge is -2.06. The second kappa shape index (κ2) is 10.1. The van der Waals surface area contributed by atoms with Gasteiger partial charge < -0.3 is 14.8 Å². The number of nitro benzene ring substituents is 1. The first-order chi connectivity index (χ1) is 13.7. The lowest BCUT2D eigenvalue weighted by atomic mass is 10.2. The van der Waals surface area contributed by atoms with Crippen LogP contribution in [0.3, 0.4) is 0 Å². The summed E-state index contributed by atoms with van der Waals surface area (Å²) in [6.07, 6.45) is 2.40. The van der Waals surface area contributed by atoms with Crippen molar-refractivity contribution in [2.45, 2.75) is 6.61 Å². The smallest absolute Gasteiger partial charge is 0.387 e. The molecule has 29 heavy (non-hydrogen) atoms. The van der Waals surface area contributed by atoms with E-state index < -0.39 is 30.0 Å². The number of carbonyl (C=O) groups excluding carboxylic acids is 2. The number of nitrogens with zero attached hydrogens (tertiary/aromatic N) is 1. The summed E-state index contributed by atoms with van der Waals surface area (Å²) < 4.78 is 33.1. The highest BCUT2D eigenvalue weighted by molar-refractivity contribution is 6.32. The maximum absolute atomic E-state index is 12.1. The highest BCUT2D eigenvalue weighted by Gasteiger charge is 2.14. The molecule has 0 heterocycles. The number of rotatable bonds is 8. The summed E-state index contributed by atoms with van der Waals surface area (Å²) in [5.74, 6) is -1.56. The Hall–Kier alpha value is -3.53. The van der Waals surface area contributed by atoms with Crippen LogP contribution in [0.25, 0.3) is 6.08 Å². The number of anilines is 1. The molecule has 0 aliphatic heterocycles. The van der Waals surface area contributed by atoms with E-state index >= 15 is 0 Å². The van der Waals surface area contributed by atoms with E-state index in [4.69, 9.17) is 16.3 Å². The van der Waals surface area contributed by atoms with E-state index in [9.17, 15) is 28.5 Å². The van der Waals surface area contributed by atoms with Crippen LogP contribution in [0.2, 0.25) is 5.02 Å². The summed E-state index contributed by atoms with van der Waals surface area (Å²) in [6.45, 7) is -3.56. The molecule has 0 aliphatic carbocycles. The maximum atomic E-state index is 12.1. The molecule has 0 saturated heterocycles. The largest absolute Gasteiger partial charge is 0.452 e. The van der Waals surface area contributed by atoms with E-state index in [0.29, 0.717) is 5.56 Å². The molecule has 0 saturated carbocycles. The van der Waals surface area contributed by atoms with Gasteiger partial charge in [-0.05, 0) is 35.9 Å². The summed E-state index contributed by atoms with van der Waals surface area (Å²) in [5.41, 5.74) is 0.250. The van der Waals surface area contributed by atoms with Gasteiger partial charge in [-0.15, -0.1) is 0 Å². The number of carbonyl (C=O) groups is 2. The van der Waals surface area contributed by atoms with Crippen LogP contribution < -0.4 is 10.1 Å². The van der Waals surface area contributed by atoms with Crippen LogP contribution in [0.5, 0.6) is 5.75 Å². The van der Waals surface area contributed by atoms with Gasteiger partial charge in [-0.2, -0.15) is 8.78 Å². The minimum absolute atomic E-state index is 0.0289. The second-order valence-corrected chi connectivity index (χ2v) is 5.77. The van der Waals surface area contributed by atoms with Crippen molar-refractivity contribution in [3.05, 3.63) is 69.2 Å². The molecular weight excluding hydrogens is 414 g/mol. The first-order valence-electron chi connectivity index (χ1n) is 7.88. The fourth-order valence-corrected chi connectivity index (χ4v) is 2.22. The molecule has 0 atom stereocenters. The number of hydrogen-bond donors (Lipinski definition) is 1. The average molecular weight is 427 g/mol. The number of amides is 1. The number of benzene rings is 2. The Balaban J connectivity index is 1.84. The van der Waals surface area contributed by atoms with Crippen LogP contribution in [0.15, 0.2) is 48.5 Å². The highest BCUT2D eigenvalue weighted by atomic mass is 35.5. The van der Waals surface area contributed by atoms with Crippen LogP contribution in [0.1, 0.15) is 5.56 Å². The summed E-state index contributed by atoms with van der Waals surface area (Å²) in [7, 11) is 0. The lowest BCUT2D eigenvalue weighted by Crippen LogP contribution is -2.20. The first kappa shape index (κ1) is 21.8. The quantitative estimate of drug-likeness (QED) is 0.295. The first-order valence-corrected chi connectivity index (χ1v) is 8.26. The van der Waals surface area contributed by atoms with Gasteiger partial charge in [0, 0.05) is 17.8 Å². The standard InChI is InChI=1S/C18H13ClF2N2O6/c19-14-7-4-12(9-15(14)23(26)27)22-16(24)10-28-17(25)8-3-11-1-5-13(6-2-11)29-18(20)21/h1-9,18H,10H2,(H,22,24). The maximum Gasteiger partial charge on any atom is 0.387 e. The Bertz CT molecular complexity index is 934. The van der Waals surface area contributed by atoms with Crippen LogP contribution >= 0.6 is 11.6 Å². The fraction of sp³-hybridized carbons (Fsp3) is 0.111. The molecule has 0 aromatic heterocycles. The van der Waals surface area contributed by atoms with E-state index in [1.807, 2.05) is 0 Å². The van der Waals surface area contributed by atoms with Gasteiger partial charge in [-0.1, -0.05) is 23.7 Å². The third kappa shape index (κ3) is 7.18. The molecule has 0 aliphatic rings. The van der Waals surface area contributed by atoms with Crippen molar-refractivity contribution in [1.82, 2.24) is 0 Å². The van der Waals surface area contributed by atoms with Crippen molar-refractivity contribution < 1.29 is 32.8 Å². The topological polar surface area (TPSA) is 108 Å². The molecule has 8 nitrogen and oxygen atoms in total. The Morgan fingerprint density at radius 1 is 1.21 bits per heavy atom. The number of alkyl halides is 2. The van der Waals surface area contributed by atoms with Crippen molar-refractivity contribution in [2.24, 2.45) is 0 Å². The van der Waals surface area contributed by atoms with Gasteiger partial charge in [-0.25, -0.2) is 4.79 Å². The molecule has 0 fully saturated rings. The van der Waals surface area contributed by atoms with E-state index in [2.05, 4.69) is 10.1 Å². The van der Waals surface area contributed by atoms with Crippen LogP contribution in [-0.4, -0.2) is 30.0 Å². The van der Waals surface area contributed by atoms with Crippen molar-refractivity contribution in [1.29, 1.82) is 0 Å². The number of esters is 1. The van der Waals surface area contributed by atoms with Gasteiger partial charge >= 0.3 is 12.6 Å². The molecule has 0 unspecified atom stereocenters. The molecule has 1 N–H and O–H groups in total. The Kier molecular flexibility index (Phi) is 7.61. The van der Waals surface area contributed by atoms with Crippen LogP contribution in [0.4, 0.5) is 20.2 Å². The number of ether oxygens (including phenoxy) is 2. The number of halogens is 3. The molecule has 1 amide bonds. The Labute approximate surface area is 167 Å². The lowest BCUT2D eigenvalue weighted by molar-refractivity contribution is -0.384. The van der Waals surface area contributed by atoms with Gasteiger partial charge in [-0.3, -0.25) is 14.9 Å². The molecule has 0 radical (unpaired) electrons. The normalized spacial score (nSPS) is 10.8. The summed E-state index contributed by atoms with van der Waals surface area (Å²) >= 11 is 5.67. The van der Waals surface area contributed by atoms with Gasteiger partial charge in [0.1, 0.15) is 10.8 Å². The van der Waals surface area contributed by atoms with E-state index in [1.165, 1.54) is 42.5 Å². The van der Waals surface area contributed by atoms with Crippen molar-refractivity contribution in [3.63, 3.8) is 0 Å². The minimum Gasteiger partial charge on any atom is -0.452 e. The van der Waals surface area contributed by atoms with Gasteiger partial charge in [0.25, 0.3) is 11.6 Å². The SMILES string of the molecule is O=C(COC(=O)C=Cc1ccc(OC(F)F)cc1)Nc1ccc(Cl)c([N+](=O)[O-])c1. The predicted octanol–water partition coefficient (Wildman–Crippen LogP) is 4.04. The number of nitrogens with one attached hydrogen (secondary N) is 1. The number of hydrogen-bond acceptors (Lipinski definition) is 6. The van der Waals surface area contributed by atoms with Gasteiger partial charge in [0.15, 0.2) is 6.61 Å². The number of nitro groups is 1. The molecule has 152 valence electrons. The van der Waals surface area contributed by atoms with Crippen LogP contribution in [0, 0.1) is 10.1 Å². The third-order valence-electron chi connectivity index (χ3n) is 3.29. The van der Waals surface area contributed by atoms with E-state index in [1.54, 1.807) is 0 Å². The molecule has 2 aromatic rings. The van der Waals surface area contributed by atoms with Gasteiger partial charge in [0.05, 0.1) is 4.92 Å². The van der Waals surface area contributed by atoms with Crippen molar-refractivity contribution in [3.8, 4) is 5.75 Å². The Morgan fingerprint density at radius 2 is 1.90 bits per heavy atom. The average Bonchev–Trinajstić information content (AvgIpc) is 2.66. The third-order valence-corrected chi connectivity index (χ3v) is 3.61. The zero-order valence-corrected chi connectivity index (χ0v) is 15.3. The fourth-order valence-electron chi connectivity index (χ4n) is 2.04. The molecule has 0 spiro atoms. The molecule has 0 bridgehead atoms.